The van der Waals surface area contributed by atoms with Gasteiger partial charge in [-0.05, 0) is 19.4 Å². The lowest BCUT2D eigenvalue weighted by Crippen LogP contribution is -2.40. The highest BCUT2D eigenvalue weighted by Gasteiger charge is 2.30. The molecule has 0 fully saturated rings. The molecule has 28 heavy (non-hydrogen) atoms. The van der Waals surface area contributed by atoms with E-state index < -0.39 is 0 Å². The van der Waals surface area contributed by atoms with Gasteiger partial charge in [-0.25, -0.2) is 0 Å². The molecule has 152 valence electrons. The van der Waals surface area contributed by atoms with Crippen LogP contribution >= 0.6 is 0 Å². The highest BCUT2D eigenvalue weighted by atomic mass is 16.5. The summed E-state index contributed by atoms with van der Waals surface area (Å²) in [6.07, 6.45) is 0.803. The lowest BCUT2D eigenvalue weighted by Gasteiger charge is -2.32. The van der Waals surface area contributed by atoms with Gasteiger partial charge in [0, 0.05) is 43.9 Å². The van der Waals surface area contributed by atoms with Crippen LogP contribution in [0.25, 0.3) is 0 Å². The fourth-order valence-electron chi connectivity index (χ4n) is 3.79. The van der Waals surface area contributed by atoms with E-state index in [-0.39, 0.29) is 24.6 Å². The van der Waals surface area contributed by atoms with Gasteiger partial charge in [-0.2, -0.15) is 5.10 Å². The van der Waals surface area contributed by atoms with Crippen molar-refractivity contribution < 1.29 is 14.6 Å². The topological polar surface area (TPSA) is 79.6 Å². The molecule has 3 rings (SSSR count). The van der Waals surface area contributed by atoms with Crippen molar-refractivity contribution in [2.45, 2.75) is 45.4 Å². The van der Waals surface area contributed by atoms with Crippen molar-refractivity contribution in [2.24, 2.45) is 0 Å². The zero-order chi connectivity index (χ0) is 20.1. The summed E-state index contributed by atoms with van der Waals surface area (Å²) in [6, 6.07) is 10.0. The molecule has 1 aliphatic heterocycles. The molecular weight excluding hydrogens is 356 g/mol. The first-order chi connectivity index (χ1) is 13.5. The number of rotatable bonds is 8. The highest BCUT2D eigenvalue weighted by molar-refractivity contribution is 5.94. The number of ether oxygens (including phenoxy) is 1. The van der Waals surface area contributed by atoms with E-state index in [1.807, 2.05) is 37.3 Å². The third kappa shape index (κ3) is 4.43. The van der Waals surface area contributed by atoms with Crippen molar-refractivity contribution in [1.82, 2.24) is 20.0 Å². The maximum Gasteiger partial charge on any atom is 0.272 e. The molecule has 7 heteroatoms. The second-order valence-corrected chi connectivity index (χ2v) is 7.35. The first-order valence-electron chi connectivity index (χ1n) is 9.83. The third-order valence-electron chi connectivity index (χ3n) is 5.37. The average molecular weight is 386 g/mol. The minimum atomic E-state index is -0.175. The second kappa shape index (κ2) is 9.32. The number of aliphatic hydroxyl groups excluding tert-OH is 1. The lowest BCUT2D eigenvalue weighted by atomic mass is 10.0. The van der Waals surface area contributed by atoms with Gasteiger partial charge in [0.25, 0.3) is 5.91 Å². The highest BCUT2D eigenvalue weighted by Crippen LogP contribution is 2.25. The Morgan fingerprint density at radius 1 is 1.32 bits per heavy atom. The summed E-state index contributed by atoms with van der Waals surface area (Å²) in [6.45, 7) is 6.69. The third-order valence-corrected chi connectivity index (χ3v) is 5.37. The number of amides is 1. The van der Waals surface area contributed by atoms with E-state index >= 15 is 0 Å². The normalized spacial score (nSPS) is 16.4. The van der Waals surface area contributed by atoms with Gasteiger partial charge in [-0.1, -0.05) is 30.3 Å². The number of hydrogen-bond acceptors (Lipinski definition) is 5. The summed E-state index contributed by atoms with van der Waals surface area (Å²) in [5.41, 5.74) is 3.52. The largest absolute Gasteiger partial charge is 0.394 e. The standard InChI is InChI=1S/C21H30N4O3/c1-15(14-28-3)24-10-9-19-18(13-24)20(23-25(19)11-12-26)21(27)22-16(2)17-7-5-4-6-8-17/h4-8,15-16,26H,9-14H2,1-3H3,(H,22,27). The van der Waals surface area contributed by atoms with Crippen LogP contribution in [-0.2, 0) is 24.2 Å². The summed E-state index contributed by atoms with van der Waals surface area (Å²) in [5, 5.41) is 17.0. The van der Waals surface area contributed by atoms with Crippen LogP contribution in [0.15, 0.2) is 30.3 Å². The van der Waals surface area contributed by atoms with Crippen LogP contribution in [0, 0.1) is 0 Å². The van der Waals surface area contributed by atoms with Crippen molar-refractivity contribution in [1.29, 1.82) is 0 Å². The van der Waals surface area contributed by atoms with Gasteiger partial charge in [0.15, 0.2) is 5.69 Å². The average Bonchev–Trinajstić information content (AvgIpc) is 3.07. The van der Waals surface area contributed by atoms with E-state index in [1.165, 1.54) is 0 Å². The van der Waals surface area contributed by atoms with Gasteiger partial charge in [0.1, 0.15) is 0 Å². The fourth-order valence-corrected chi connectivity index (χ4v) is 3.79. The number of aliphatic hydroxyl groups is 1. The van der Waals surface area contributed by atoms with E-state index in [9.17, 15) is 9.90 Å². The summed E-state index contributed by atoms with van der Waals surface area (Å²) in [4.78, 5) is 15.3. The van der Waals surface area contributed by atoms with Gasteiger partial charge in [-0.3, -0.25) is 14.4 Å². The van der Waals surface area contributed by atoms with Crippen LogP contribution in [0.1, 0.15) is 47.2 Å². The molecule has 7 nitrogen and oxygen atoms in total. The SMILES string of the molecule is COCC(C)N1CCc2c(c(C(=O)NC(C)c3ccccc3)nn2CCO)C1. The molecule has 1 amide bonds. The van der Waals surface area contributed by atoms with Crippen LogP contribution < -0.4 is 5.32 Å². The van der Waals surface area contributed by atoms with Crippen LogP contribution in [0.3, 0.4) is 0 Å². The van der Waals surface area contributed by atoms with Crippen molar-refractivity contribution >= 4 is 5.91 Å². The number of benzene rings is 1. The molecule has 0 radical (unpaired) electrons. The quantitative estimate of drug-likeness (QED) is 0.723. The second-order valence-electron chi connectivity index (χ2n) is 7.35. The van der Waals surface area contributed by atoms with Crippen LogP contribution in [-0.4, -0.2) is 58.6 Å². The molecule has 2 aromatic rings. The Morgan fingerprint density at radius 2 is 2.07 bits per heavy atom. The van der Waals surface area contributed by atoms with E-state index in [4.69, 9.17) is 4.74 Å². The summed E-state index contributed by atoms with van der Waals surface area (Å²) in [7, 11) is 1.70. The first kappa shape index (κ1) is 20.5. The fraction of sp³-hybridized carbons (Fsp3) is 0.524. The molecule has 1 aromatic carbocycles. The Hall–Kier alpha value is -2.22. The molecule has 0 bridgehead atoms. The Kier molecular flexibility index (Phi) is 6.83. The van der Waals surface area contributed by atoms with Crippen molar-refractivity contribution in [3.05, 3.63) is 52.8 Å². The maximum atomic E-state index is 13.0. The number of fused-ring (bicyclic) bond motifs is 1. The number of aromatic nitrogens is 2. The van der Waals surface area contributed by atoms with Crippen molar-refractivity contribution in [3.8, 4) is 0 Å². The van der Waals surface area contributed by atoms with Crippen molar-refractivity contribution in [3.63, 3.8) is 0 Å². The monoisotopic (exact) mass is 386 g/mol. The molecule has 0 saturated heterocycles. The Labute approximate surface area is 166 Å². The van der Waals surface area contributed by atoms with Crippen LogP contribution in [0.2, 0.25) is 0 Å². The summed E-state index contributed by atoms with van der Waals surface area (Å²) in [5.74, 6) is -0.175. The van der Waals surface area contributed by atoms with E-state index in [0.717, 1.165) is 29.8 Å². The number of nitrogens with zero attached hydrogens (tertiary/aromatic N) is 3. The van der Waals surface area contributed by atoms with Gasteiger partial charge in [0.2, 0.25) is 0 Å². The van der Waals surface area contributed by atoms with Gasteiger partial charge in [-0.15, -0.1) is 0 Å². The number of nitrogens with one attached hydrogen (secondary N) is 1. The van der Waals surface area contributed by atoms with Crippen LogP contribution in [0.5, 0.6) is 0 Å². The Bertz CT molecular complexity index is 790. The maximum absolute atomic E-state index is 13.0. The van der Waals surface area contributed by atoms with Gasteiger partial charge >= 0.3 is 0 Å². The smallest absolute Gasteiger partial charge is 0.272 e. The lowest BCUT2D eigenvalue weighted by molar-refractivity contribution is 0.0880. The zero-order valence-electron chi connectivity index (χ0n) is 16.9. The zero-order valence-corrected chi connectivity index (χ0v) is 16.9. The van der Waals surface area contributed by atoms with E-state index in [0.29, 0.717) is 25.4 Å². The predicted octanol–water partition coefficient (Wildman–Crippen LogP) is 1.76. The number of carbonyl (C=O) groups is 1. The van der Waals surface area contributed by atoms with E-state index in [2.05, 4.69) is 22.2 Å². The molecule has 1 aliphatic rings. The first-order valence-corrected chi connectivity index (χ1v) is 9.83. The van der Waals surface area contributed by atoms with E-state index in [1.54, 1.807) is 11.8 Å². The molecule has 0 spiro atoms. The molecule has 0 aliphatic carbocycles. The number of hydrogen-bond donors (Lipinski definition) is 2. The number of methoxy groups -OCH3 is 1. The minimum Gasteiger partial charge on any atom is -0.394 e. The van der Waals surface area contributed by atoms with Crippen molar-refractivity contribution in [2.75, 3.05) is 26.9 Å². The van der Waals surface area contributed by atoms with Gasteiger partial charge in [0.05, 0.1) is 25.8 Å². The number of carbonyl (C=O) groups excluding carboxylic acids is 1. The van der Waals surface area contributed by atoms with Gasteiger partial charge < -0.3 is 15.2 Å². The molecule has 2 heterocycles. The van der Waals surface area contributed by atoms with Crippen LogP contribution in [0.4, 0.5) is 0 Å². The predicted molar refractivity (Wildman–Crippen MR) is 107 cm³/mol. The molecule has 2 unspecified atom stereocenters. The minimum absolute atomic E-state index is 0.000606. The molecule has 0 saturated carbocycles. The molecule has 1 aromatic heterocycles. The molecule has 2 atom stereocenters. The Balaban J connectivity index is 1.83. The summed E-state index contributed by atoms with van der Waals surface area (Å²) < 4.78 is 7.08. The molecule has 2 N–H and O–H groups in total. The summed E-state index contributed by atoms with van der Waals surface area (Å²) >= 11 is 0. The molecular formula is C21H30N4O3. The Morgan fingerprint density at radius 3 is 2.75 bits per heavy atom.